The highest BCUT2D eigenvalue weighted by molar-refractivity contribution is 5.75. The van der Waals surface area contributed by atoms with E-state index in [4.69, 9.17) is 0 Å². The molecule has 0 aliphatic rings. The molecule has 18 heavy (non-hydrogen) atoms. The molecule has 0 spiro atoms. The van der Waals surface area contributed by atoms with Crippen molar-refractivity contribution in [1.29, 1.82) is 0 Å². The van der Waals surface area contributed by atoms with E-state index in [0.29, 0.717) is 11.8 Å². The van der Waals surface area contributed by atoms with Crippen molar-refractivity contribution in [2.24, 2.45) is 11.3 Å². The molecule has 0 aromatic rings. The summed E-state index contributed by atoms with van der Waals surface area (Å²) in [5.41, 5.74) is 0.430. The van der Waals surface area contributed by atoms with Crippen molar-refractivity contribution in [1.82, 2.24) is 5.32 Å². The number of carbonyl (C=O) groups excluding carboxylic acids is 1. The van der Waals surface area contributed by atoms with E-state index in [-0.39, 0.29) is 5.91 Å². The molecule has 0 heterocycles. The zero-order chi connectivity index (χ0) is 14.0. The predicted octanol–water partition coefficient (Wildman–Crippen LogP) is 4.54. The fourth-order valence-electron chi connectivity index (χ4n) is 1.94. The van der Waals surface area contributed by atoms with Crippen LogP contribution in [0.1, 0.15) is 79.6 Å². The molecule has 0 rings (SSSR count). The van der Waals surface area contributed by atoms with Gasteiger partial charge in [-0.25, -0.2) is 0 Å². The minimum Gasteiger partial charge on any atom is -0.356 e. The number of rotatable bonds is 9. The largest absolute Gasteiger partial charge is 0.356 e. The van der Waals surface area contributed by atoms with Gasteiger partial charge in [-0.15, -0.1) is 0 Å². The van der Waals surface area contributed by atoms with E-state index in [1.807, 2.05) is 0 Å². The van der Waals surface area contributed by atoms with Gasteiger partial charge in [0.25, 0.3) is 0 Å². The van der Waals surface area contributed by atoms with Crippen LogP contribution in [0.4, 0.5) is 0 Å². The van der Waals surface area contributed by atoms with Gasteiger partial charge in [-0.1, -0.05) is 47.5 Å². The van der Waals surface area contributed by atoms with Gasteiger partial charge in [0.2, 0.25) is 5.91 Å². The van der Waals surface area contributed by atoms with Crippen LogP contribution < -0.4 is 5.32 Å². The standard InChI is InChI=1S/C16H33NO/c1-14(2)10-9-13-17-15(18)11-7-6-8-12-16(3,4)5/h14H,6-13H2,1-5H3,(H,17,18). The first-order chi connectivity index (χ1) is 8.31. The van der Waals surface area contributed by atoms with Crippen LogP contribution in [0.2, 0.25) is 0 Å². The average Bonchev–Trinajstić information content (AvgIpc) is 2.22. The van der Waals surface area contributed by atoms with Crippen LogP contribution >= 0.6 is 0 Å². The van der Waals surface area contributed by atoms with Crippen molar-refractivity contribution in [3.8, 4) is 0 Å². The van der Waals surface area contributed by atoms with Crippen LogP contribution in [-0.2, 0) is 4.79 Å². The molecule has 0 aliphatic carbocycles. The Balaban J connectivity index is 3.32. The molecule has 0 unspecified atom stereocenters. The van der Waals surface area contributed by atoms with Gasteiger partial charge in [-0.05, 0) is 37.0 Å². The Morgan fingerprint density at radius 2 is 1.72 bits per heavy atom. The first-order valence-electron chi connectivity index (χ1n) is 7.58. The van der Waals surface area contributed by atoms with E-state index in [1.165, 1.54) is 25.7 Å². The van der Waals surface area contributed by atoms with Crippen molar-refractivity contribution in [3.63, 3.8) is 0 Å². The average molecular weight is 255 g/mol. The minimum atomic E-state index is 0.231. The highest BCUT2D eigenvalue weighted by atomic mass is 16.1. The number of amides is 1. The highest BCUT2D eigenvalue weighted by Crippen LogP contribution is 2.22. The molecule has 1 amide bonds. The predicted molar refractivity (Wildman–Crippen MR) is 79.6 cm³/mol. The molecule has 0 aromatic carbocycles. The number of hydrogen-bond donors (Lipinski definition) is 1. The smallest absolute Gasteiger partial charge is 0.219 e. The van der Waals surface area contributed by atoms with Crippen molar-refractivity contribution in [2.75, 3.05) is 6.54 Å². The van der Waals surface area contributed by atoms with Crippen LogP contribution in [0.25, 0.3) is 0 Å². The van der Waals surface area contributed by atoms with Gasteiger partial charge < -0.3 is 5.32 Å². The second-order valence-electron chi connectivity index (χ2n) is 7.01. The molecule has 0 bridgehead atoms. The summed E-state index contributed by atoms with van der Waals surface area (Å²) in [5.74, 6) is 0.966. The fourth-order valence-corrected chi connectivity index (χ4v) is 1.94. The van der Waals surface area contributed by atoms with E-state index >= 15 is 0 Å². The summed E-state index contributed by atoms with van der Waals surface area (Å²) in [7, 11) is 0. The van der Waals surface area contributed by atoms with Crippen molar-refractivity contribution in [2.45, 2.75) is 79.6 Å². The van der Waals surface area contributed by atoms with E-state index < -0.39 is 0 Å². The molecule has 0 atom stereocenters. The molecular weight excluding hydrogens is 222 g/mol. The lowest BCUT2D eigenvalue weighted by atomic mass is 9.89. The Hall–Kier alpha value is -0.530. The van der Waals surface area contributed by atoms with Crippen molar-refractivity contribution >= 4 is 5.91 Å². The summed E-state index contributed by atoms with van der Waals surface area (Å²) < 4.78 is 0. The Morgan fingerprint density at radius 1 is 1.06 bits per heavy atom. The molecule has 2 nitrogen and oxygen atoms in total. The molecule has 0 aliphatic heterocycles. The monoisotopic (exact) mass is 255 g/mol. The summed E-state index contributed by atoms with van der Waals surface area (Å²) in [6.07, 6.45) is 7.71. The maximum atomic E-state index is 11.5. The lowest BCUT2D eigenvalue weighted by Crippen LogP contribution is -2.24. The lowest BCUT2D eigenvalue weighted by Gasteiger charge is -2.17. The zero-order valence-electron chi connectivity index (χ0n) is 13.1. The summed E-state index contributed by atoms with van der Waals surface area (Å²) in [5, 5.41) is 3.01. The Kier molecular flexibility index (Phi) is 9.13. The topological polar surface area (TPSA) is 29.1 Å². The second kappa shape index (κ2) is 9.41. The SMILES string of the molecule is CC(C)CCCNC(=O)CCCCCC(C)(C)C. The molecule has 0 fully saturated rings. The molecule has 0 radical (unpaired) electrons. The number of carbonyl (C=O) groups is 1. The Bertz CT molecular complexity index is 216. The van der Waals surface area contributed by atoms with Gasteiger partial charge in [0.15, 0.2) is 0 Å². The third kappa shape index (κ3) is 13.5. The highest BCUT2D eigenvalue weighted by Gasteiger charge is 2.09. The maximum Gasteiger partial charge on any atom is 0.219 e. The summed E-state index contributed by atoms with van der Waals surface area (Å²) in [6.45, 7) is 12.1. The maximum absolute atomic E-state index is 11.5. The first kappa shape index (κ1) is 17.5. The van der Waals surface area contributed by atoms with E-state index in [0.717, 1.165) is 25.3 Å². The molecule has 108 valence electrons. The number of hydrogen-bond acceptors (Lipinski definition) is 1. The molecular formula is C16H33NO. The van der Waals surface area contributed by atoms with Crippen LogP contribution in [0.15, 0.2) is 0 Å². The van der Waals surface area contributed by atoms with E-state index in [2.05, 4.69) is 39.9 Å². The van der Waals surface area contributed by atoms with E-state index in [9.17, 15) is 4.79 Å². The first-order valence-corrected chi connectivity index (χ1v) is 7.58. The fraction of sp³-hybridized carbons (Fsp3) is 0.938. The van der Waals surface area contributed by atoms with Gasteiger partial charge in [0.05, 0.1) is 0 Å². The van der Waals surface area contributed by atoms with E-state index in [1.54, 1.807) is 0 Å². The number of nitrogens with one attached hydrogen (secondary N) is 1. The summed E-state index contributed by atoms with van der Waals surface area (Å²) in [4.78, 5) is 11.5. The lowest BCUT2D eigenvalue weighted by molar-refractivity contribution is -0.121. The minimum absolute atomic E-state index is 0.231. The van der Waals surface area contributed by atoms with Gasteiger partial charge >= 0.3 is 0 Å². The molecule has 0 saturated heterocycles. The quantitative estimate of drug-likeness (QED) is 0.602. The summed E-state index contributed by atoms with van der Waals surface area (Å²) in [6, 6.07) is 0. The van der Waals surface area contributed by atoms with Gasteiger partial charge in [0, 0.05) is 13.0 Å². The normalized spacial score (nSPS) is 11.9. The van der Waals surface area contributed by atoms with Crippen LogP contribution in [0.5, 0.6) is 0 Å². The van der Waals surface area contributed by atoms with Crippen LogP contribution in [0.3, 0.4) is 0 Å². The molecule has 0 saturated carbocycles. The molecule has 1 N–H and O–H groups in total. The van der Waals surface area contributed by atoms with Crippen molar-refractivity contribution in [3.05, 3.63) is 0 Å². The van der Waals surface area contributed by atoms with Gasteiger partial charge in [0.1, 0.15) is 0 Å². The van der Waals surface area contributed by atoms with Gasteiger partial charge in [-0.3, -0.25) is 4.79 Å². The van der Waals surface area contributed by atoms with Crippen molar-refractivity contribution < 1.29 is 4.79 Å². The molecule has 0 aromatic heterocycles. The van der Waals surface area contributed by atoms with Gasteiger partial charge in [-0.2, -0.15) is 0 Å². The Labute approximate surface area is 114 Å². The van der Waals surface area contributed by atoms with Crippen LogP contribution in [0, 0.1) is 11.3 Å². The Morgan fingerprint density at radius 3 is 2.28 bits per heavy atom. The summed E-state index contributed by atoms with van der Waals surface area (Å²) >= 11 is 0. The third-order valence-corrected chi connectivity index (χ3v) is 3.11. The molecule has 2 heteroatoms. The second-order valence-corrected chi connectivity index (χ2v) is 7.01. The third-order valence-electron chi connectivity index (χ3n) is 3.11. The number of unbranched alkanes of at least 4 members (excludes halogenated alkanes) is 2. The zero-order valence-corrected chi connectivity index (χ0v) is 13.1. The van der Waals surface area contributed by atoms with Crippen LogP contribution in [-0.4, -0.2) is 12.5 Å².